The fraction of sp³-hybridized carbons (Fsp3) is 0.182. The molecular weight excluding hydrogens is 206 g/mol. The number of hydrogen-bond donors (Lipinski definition) is 1. The number of thioether (sulfide) groups is 1. The van der Waals surface area contributed by atoms with Gasteiger partial charge < -0.3 is 10.3 Å². The van der Waals surface area contributed by atoms with Crippen molar-refractivity contribution in [3.05, 3.63) is 43.0 Å². The molecule has 0 amide bonds. The number of anilines is 1. The van der Waals surface area contributed by atoms with Gasteiger partial charge in [0.15, 0.2) is 0 Å². The Morgan fingerprint density at radius 3 is 3.07 bits per heavy atom. The van der Waals surface area contributed by atoms with E-state index in [2.05, 4.69) is 15.6 Å². The van der Waals surface area contributed by atoms with Gasteiger partial charge in [0.05, 0.1) is 6.33 Å². The van der Waals surface area contributed by atoms with Gasteiger partial charge in [-0.15, -0.1) is 11.8 Å². The highest BCUT2D eigenvalue weighted by Crippen LogP contribution is 2.20. The van der Waals surface area contributed by atoms with Crippen LogP contribution < -0.4 is 5.73 Å². The lowest BCUT2D eigenvalue weighted by atomic mass is 10.3. The van der Waals surface area contributed by atoms with Crippen molar-refractivity contribution in [1.29, 1.82) is 0 Å². The average Bonchev–Trinajstić information content (AvgIpc) is 2.71. The molecule has 2 rings (SSSR count). The summed E-state index contributed by atoms with van der Waals surface area (Å²) in [5.41, 5.74) is 6.52. The standard InChI is InChI=1S/C11H13N3S/c12-10-2-1-3-11(8-10)15-7-6-14-5-4-13-9-14/h1-5,8-9H,6-7,12H2. The normalized spacial score (nSPS) is 10.4. The monoisotopic (exact) mass is 219 g/mol. The number of benzene rings is 1. The molecule has 0 aliphatic carbocycles. The average molecular weight is 219 g/mol. The van der Waals surface area contributed by atoms with Gasteiger partial charge in [-0.05, 0) is 18.2 Å². The Balaban J connectivity index is 1.83. The largest absolute Gasteiger partial charge is 0.399 e. The lowest BCUT2D eigenvalue weighted by molar-refractivity contribution is 0.770. The van der Waals surface area contributed by atoms with Crippen LogP contribution in [0, 0.1) is 0 Å². The molecule has 0 bridgehead atoms. The minimum atomic E-state index is 0.822. The summed E-state index contributed by atoms with van der Waals surface area (Å²) in [7, 11) is 0. The van der Waals surface area contributed by atoms with Crippen LogP contribution in [0.15, 0.2) is 47.9 Å². The predicted molar refractivity (Wildman–Crippen MR) is 63.8 cm³/mol. The fourth-order valence-corrected chi connectivity index (χ4v) is 2.22. The quantitative estimate of drug-likeness (QED) is 0.633. The van der Waals surface area contributed by atoms with E-state index < -0.39 is 0 Å². The summed E-state index contributed by atoms with van der Waals surface area (Å²) in [4.78, 5) is 5.21. The molecule has 3 nitrogen and oxygen atoms in total. The molecule has 0 unspecified atom stereocenters. The molecule has 0 radical (unpaired) electrons. The number of nitrogens with zero attached hydrogens (tertiary/aromatic N) is 2. The first-order valence-corrected chi connectivity index (χ1v) is 5.77. The van der Waals surface area contributed by atoms with Crippen LogP contribution in [-0.2, 0) is 6.54 Å². The summed E-state index contributed by atoms with van der Waals surface area (Å²) >= 11 is 1.80. The molecule has 0 aliphatic rings. The van der Waals surface area contributed by atoms with Crippen LogP contribution in [0.3, 0.4) is 0 Å². The van der Waals surface area contributed by atoms with E-state index in [4.69, 9.17) is 5.73 Å². The maximum atomic E-state index is 5.70. The van der Waals surface area contributed by atoms with E-state index in [9.17, 15) is 0 Å². The zero-order valence-corrected chi connectivity index (χ0v) is 9.15. The molecule has 2 N–H and O–H groups in total. The lowest BCUT2D eigenvalue weighted by Gasteiger charge is -2.03. The molecule has 1 aromatic carbocycles. The molecule has 0 aliphatic heterocycles. The molecule has 0 atom stereocenters. The van der Waals surface area contributed by atoms with Crippen molar-refractivity contribution in [2.45, 2.75) is 11.4 Å². The molecule has 0 fully saturated rings. The molecular formula is C11H13N3S. The van der Waals surface area contributed by atoms with Crippen LogP contribution >= 0.6 is 11.8 Å². The number of nitrogen functional groups attached to an aromatic ring is 1. The van der Waals surface area contributed by atoms with E-state index in [1.807, 2.05) is 30.7 Å². The summed E-state index contributed by atoms with van der Waals surface area (Å²) in [6, 6.07) is 7.96. The number of rotatable bonds is 4. The number of aryl methyl sites for hydroxylation is 1. The Labute approximate surface area is 93.3 Å². The minimum absolute atomic E-state index is 0.822. The SMILES string of the molecule is Nc1cccc(SCCn2ccnc2)c1. The fourth-order valence-electron chi connectivity index (χ4n) is 1.29. The predicted octanol–water partition coefficient (Wildman–Crippen LogP) is 2.26. The summed E-state index contributed by atoms with van der Waals surface area (Å²) in [5.74, 6) is 1.03. The second-order valence-electron chi connectivity index (χ2n) is 3.22. The highest BCUT2D eigenvalue weighted by molar-refractivity contribution is 7.99. The molecule has 78 valence electrons. The van der Waals surface area contributed by atoms with Crippen molar-refractivity contribution in [2.75, 3.05) is 11.5 Å². The van der Waals surface area contributed by atoms with Gasteiger partial charge in [-0.25, -0.2) is 4.98 Å². The van der Waals surface area contributed by atoms with Gasteiger partial charge in [-0.3, -0.25) is 0 Å². The van der Waals surface area contributed by atoms with Crippen LogP contribution in [0.4, 0.5) is 5.69 Å². The molecule has 2 aromatic rings. The highest BCUT2D eigenvalue weighted by atomic mass is 32.2. The first-order chi connectivity index (χ1) is 7.34. The van der Waals surface area contributed by atoms with Gasteiger partial charge in [-0.2, -0.15) is 0 Å². The Morgan fingerprint density at radius 2 is 2.33 bits per heavy atom. The van der Waals surface area contributed by atoms with Gasteiger partial charge in [-0.1, -0.05) is 6.07 Å². The molecule has 1 heterocycles. The Hall–Kier alpha value is -1.42. The highest BCUT2D eigenvalue weighted by Gasteiger charge is 1.95. The van der Waals surface area contributed by atoms with Crippen molar-refractivity contribution >= 4 is 17.4 Å². The van der Waals surface area contributed by atoms with Crippen molar-refractivity contribution in [3.63, 3.8) is 0 Å². The van der Waals surface area contributed by atoms with Crippen molar-refractivity contribution < 1.29 is 0 Å². The smallest absolute Gasteiger partial charge is 0.0946 e. The summed E-state index contributed by atoms with van der Waals surface area (Å²) in [6.45, 7) is 0.972. The van der Waals surface area contributed by atoms with E-state index >= 15 is 0 Å². The minimum Gasteiger partial charge on any atom is -0.399 e. The van der Waals surface area contributed by atoms with E-state index in [0.29, 0.717) is 0 Å². The molecule has 0 spiro atoms. The number of aromatic nitrogens is 2. The third kappa shape index (κ3) is 3.02. The first-order valence-electron chi connectivity index (χ1n) is 4.79. The first kappa shape index (κ1) is 10.1. The van der Waals surface area contributed by atoms with Crippen molar-refractivity contribution in [2.24, 2.45) is 0 Å². The van der Waals surface area contributed by atoms with Crippen molar-refractivity contribution in [3.8, 4) is 0 Å². The third-order valence-electron chi connectivity index (χ3n) is 2.04. The Morgan fingerprint density at radius 1 is 1.40 bits per heavy atom. The van der Waals surface area contributed by atoms with Gasteiger partial charge in [0.2, 0.25) is 0 Å². The van der Waals surface area contributed by atoms with Crippen LogP contribution in [-0.4, -0.2) is 15.3 Å². The Kier molecular flexibility index (Phi) is 3.29. The van der Waals surface area contributed by atoms with Gasteiger partial charge in [0.25, 0.3) is 0 Å². The van der Waals surface area contributed by atoms with E-state index in [-0.39, 0.29) is 0 Å². The molecule has 15 heavy (non-hydrogen) atoms. The van der Waals surface area contributed by atoms with E-state index in [0.717, 1.165) is 18.0 Å². The van der Waals surface area contributed by atoms with E-state index in [1.54, 1.807) is 18.0 Å². The Bertz CT molecular complexity index is 412. The molecule has 0 saturated heterocycles. The zero-order chi connectivity index (χ0) is 10.5. The number of nitrogens with two attached hydrogens (primary N) is 1. The van der Waals surface area contributed by atoms with Gasteiger partial charge in [0.1, 0.15) is 0 Å². The lowest BCUT2D eigenvalue weighted by Crippen LogP contribution is -1.96. The van der Waals surface area contributed by atoms with Crippen LogP contribution in [0.2, 0.25) is 0 Å². The second-order valence-corrected chi connectivity index (χ2v) is 4.39. The summed E-state index contributed by atoms with van der Waals surface area (Å²) in [6.07, 6.45) is 5.60. The van der Waals surface area contributed by atoms with Crippen molar-refractivity contribution in [1.82, 2.24) is 9.55 Å². The van der Waals surface area contributed by atoms with Crippen LogP contribution in [0.25, 0.3) is 0 Å². The second kappa shape index (κ2) is 4.89. The van der Waals surface area contributed by atoms with Gasteiger partial charge >= 0.3 is 0 Å². The maximum absolute atomic E-state index is 5.70. The summed E-state index contributed by atoms with van der Waals surface area (Å²) < 4.78 is 2.07. The van der Waals surface area contributed by atoms with Crippen LogP contribution in [0.5, 0.6) is 0 Å². The number of hydrogen-bond acceptors (Lipinski definition) is 3. The zero-order valence-electron chi connectivity index (χ0n) is 8.34. The molecule has 0 saturated carbocycles. The van der Waals surface area contributed by atoms with Gasteiger partial charge in [0, 0.05) is 35.3 Å². The molecule has 4 heteroatoms. The topological polar surface area (TPSA) is 43.8 Å². The third-order valence-corrected chi connectivity index (χ3v) is 3.01. The maximum Gasteiger partial charge on any atom is 0.0946 e. The molecule has 1 aromatic heterocycles. The van der Waals surface area contributed by atoms with E-state index in [1.165, 1.54) is 4.90 Å². The summed E-state index contributed by atoms with van der Waals surface area (Å²) in [5, 5.41) is 0. The van der Waals surface area contributed by atoms with Crippen LogP contribution in [0.1, 0.15) is 0 Å². The number of imidazole rings is 1.